The summed E-state index contributed by atoms with van der Waals surface area (Å²) in [5.41, 5.74) is 2.48. The van der Waals surface area contributed by atoms with Crippen molar-refractivity contribution in [3.63, 3.8) is 0 Å². The van der Waals surface area contributed by atoms with Crippen molar-refractivity contribution >= 4 is 26.7 Å². The number of fused-ring (bicyclic) bond motifs is 1. The summed E-state index contributed by atoms with van der Waals surface area (Å²) >= 11 is 3.67. The molecule has 0 amide bonds. The van der Waals surface area contributed by atoms with Crippen LogP contribution in [0.2, 0.25) is 0 Å². The first-order valence-corrected chi connectivity index (χ1v) is 7.37. The summed E-state index contributed by atoms with van der Waals surface area (Å²) in [6, 6.07) is 20.9. The highest BCUT2D eigenvalue weighted by molar-refractivity contribution is 9.10. The van der Waals surface area contributed by atoms with E-state index in [0.29, 0.717) is 0 Å². The molecular weight excluding hydrogens is 312 g/mol. The average molecular weight is 327 g/mol. The second-order valence-corrected chi connectivity index (χ2v) is 5.61. The Morgan fingerprint density at radius 2 is 1.55 bits per heavy atom. The summed E-state index contributed by atoms with van der Waals surface area (Å²) in [6.07, 6.45) is 0.868. The molecule has 2 heteroatoms. The van der Waals surface area contributed by atoms with Crippen molar-refractivity contribution in [2.75, 3.05) is 7.11 Å². The van der Waals surface area contributed by atoms with Gasteiger partial charge < -0.3 is 4.74 Å². The van der Waals surface area contributed by atoms with Gasteiger partial charge >= 0.3 is 0 Å². The molecular formula is C18H15BrO. The number of ether oxygens (including phenoxy) is 1. The van der Waals surface area contributed by atoms with Crippen LogP contribution in [0.3, 0.4) is 0 Å². The van der Waals surface area contributed by atoms with Crippen LogP contribution in [0.4, 0.5) is 0 Å². The van der Waals surface area contributed by atoms with Gasteiger partial charge in [-0.25, -0.2) is 0 Å². The molecule has 1 nitrogen and oxygen atoms in total. The van der Waals surface area contributed by atoms with E-state index in [1.165, 1.54) is 16.5 Å². The Labute approximate surface area is 127 Å². The Morgan fingerprint density at radius 3 is 2.25 bits per heavy atom. The first kappa shape index (κ1) is 13.2. The summed E-state index contributed by atoms with van der Waals surface area (Å²) in [6.45, 7) is 0. The van der Waals surface area contributed by atoms with E-state index in [-0.39, 0.29) is 0 Å². The van der Waals surface area contributed by atoms with Crippen molar-refractivity contribution in [2.24, 2.45) is 0 Å². The SMILES string of the molecule is COc1c(Cc2ccccc2)cc(Br)c2ccccc12. The number of hydrogen-bond donors (Lipinski definition) is 0. The van der Waals surface area contributed by atoms with Gasteiger partial charge in [-0.2, -0.15) is 0 Å². The first-order chi connectivity index (χ1) is 9.79. The predicted molar refractivity (Wildman–Crippen MR) is 87.4 cm³/mol. The second-order valence-electron chi connectivity index (χ2n) is 4.76. The summed E-state index contributed by atoms with van der Waals surface area (Å²) in [7, 11) is 1.74. The van der Waals surface area contributed by atoms with Gasteiger partial charge in [0, 0.05) is 21.8 Å². The van der Waals surface area contributed by atoms with E-state index in [1.54, 1.807) is 7.11 Å². The van der Waals surface area contributed by atoms with Crippen molar-refractivity contribution in [2.45, 2.75) is 6.42 Å². The molecule has 0 saturated carbocycles. The van der Waals surface area contributed by atoms with Crippen LogP contribution in [0.25, 0.3) is 10.8 Å². The van der Waals surface area contributed by atoms with Gasteiger partial charge in [0.25, 0.3) is 0 Å². The molecule has 0 atom stereocenters. The number of hydrogen-bond acceptors (Lipinski definition) is 1. The summed E-state index contributed by atoms with van der Waals surface area (Å²) < 4.78 is 6.78. The second kappa shape index (κ2) is 5.68. The standard InChI is InChI=1S/C18H15BrO/c1-20-18-14(11-13-7-3-2-4-8-13)12-17(19)15-9-5-6-10-16(15)18/h2-10,12H,11H2,1H3. The van der Waals surface area contributed by atoms with Crippen molar-refractivity contribution in [3.05, 3.63) is 76.3 Å². The van der Waals surface area contributed by atoms with E-state index < -0.39 is 0 Å². The topological polar surface area (TPSA) is 9.23 Å². The van der Waals surface area contributed by atoms with Gasteiger partial charge in [0.15, 0.2) is 0 Å². The minimum Gasteiger partial charge on any atom is -0.496 e. The zero-order valence-corrected chi connectivity index (χ0v) is 12.9. The Morgan fingerprint density at radius 1 is 0.900 bits per heavy atom. The first-order valence-electron chi connectivity index (χ1n) is 6.57. The molecule has 0 heterocycles. The van der Waals surface area contributed by atoms with Gasteiger partial charge in [-0.1, -0.05) is 70.5 Å². The van der Waals surface area contributed by atoms with Crippen LogP contribution in [0.5, 0.6) is 5.75 Å². The fourth-order valence-corrected chi connectivity index (χ4v) is 3.17. The highest BCUT2D eigenvalue weighted by atomic mass is 79.9. The van der Waals surface area contributed by atoms with Crippen molar-refractivity contribution in [3.8, 4) is 5.75 Å². The minimum absolute atomic E-state index is 0.868. The van der Waals surface area contributed by atoms with Gasteiger partial charge in [0.1, 0.15) is 5.75 Å². The predicted octanol–water partition coefficient (Wildman–Crippen LogP) is 5.20. The molecule has 0 fully saturated rings. The Balaban J connectivity index is 2.15. The van der Waals surface area contributed by atoms with Crippen molar-refractivity contribution < 1.29 is 4.74 Å². The van der Waals surface area contributed by atoms with Gasteiger partial charge in [-0.3, -0.25) is 0 Å². The molecule has 0 aliphatic carbocycles. The van der Waals surface area contributed by atoms with E-state index in [1.807, 2.05) is 18.2 Å². The maximum absolute atomic E-state index is 5.66. The van der Waals surface area contributed by atoms with Crippen LogP contribution in [0, 0.1) is 0 Å². The zero-order valence-electron chi connectivity index (χ0n) is 11.3. The third-order valence-corrected chi connectivity index (χ3v) is 4.12. The lowest BCUT2D eigenvalue weighted by molar-refractivity contribution is 0.415. The molecule has 0 N–H and O–H groups in total. The Hall–Kier alpha value is -1.80. The van der Waals surface area contributed by atoms with Gasteiger partial charge in [-0.05, 0) is 17.0 Å². The normalized spacial score (nSPS) is 10.7. The van der Waals surface area contributed by atoms with Gasteiger partial charge in [0.05, 0.1) is 7.11 Å². The van der Waals surface area contributed by atoms with Gasteiger partial charge in [-0.15, -0.1) is 0 Å². The molecule has 0 aliphatic heterocycles. The van der Waals surface area contributed by atoms with E-state index in [2.05, 4.69) is 58.4 Å². The van der Waals surface area contributed by atoms with E-state index >= 15 is 0 Å². The molecule has 3 aromatic rings. The molecule has 0 unspecified atom stereocenters. The monoisotopic (exact) mass is 326 g/mol. The van der Waals surface area contributed by atoms with Crippen LogP contribution in [0.15, 0.2) is 65.1 Å². The molecule has 3 rings (SSSR count). The smallest absolute Gasteiger partial charge is 0.130 e. The largest absolute Gasteiger partial charge is 0.496 e. The maximum atomic E-state index is 5.66. The quantitative estimate of drug-likeness (QED) is 0.642. The number of methoxy groups -OCH3 is 1. The average Bonchev–Trinajstić information content (AvgIpc) is 2.49. The third kappa shape index (κ3) is 2.44. The molecule has 100 valence electrons. The lowest BCUT2D eigenvalue weighted by atomic mass is 9.99. The fraction of sp³-hybridized carbons (Fsp3) is 0.111. The summed E-state index contributed by atoms with van der Waals surface area (Å²) in [4.78, 5) is 0. The minimum atomic E-state index is 0.868. The third-order valence-electron chi connectivity index (χ3n) is 3.46. The zero-order chi connectivity index (χ0) is 13.9. The molecule has 0 saturated heterocycles. The fourth-order valence-electron chi connectivity index (χ4n) is 2.55. The molecule has 0 radical (unpaired) electrons. The van der Waals surface area contributed by atoms with Crippen LogP contribution in [0.1, 0.15) is 11.1 Å². The van der Waals surface area contributed by atoms with E-state index in [0.717, 1.165) is 22.0 Å². The molecule has 0 aromatic heterocycles. The highest BCUT2D eigenvalue weighted by Crippen LogP contribution is 2.36. The molecule has 20 heavy (non-hydrogen) atoms. The molecule has 0 spiro atoms. The van der Waals surface area contributed by atoms with Crippen molar-refractivity contribution in [1.29, 1.82) is 0 Å². The van der Waals surface area contributed by atoms with E-state index in [4.69, 9.17) is 4.74 Å². The van der Waals surface area contributed by atoms with Gasteiger partial charge in [0.2, 0.25) is 0 Å². The molecule has 0 aliphatic rings. The van der Waals surface area contributed by atoms with Crippen LogP contribution < -0.4 is 4.74 Å². The van der Waals surface area contributed by atoms with Crippen LogP contribution in [-0.2, 0) is 6.42 Å². The molecule has 0 bridgehead atoms. The number of rotatable bonds is 3. The number of benzene rings is 3. The number of halogens is 1. The lowest BCUT2D eigenvalue weighted by Crippen LogP contribution is -1.95. The van der Waals surface area contributed by atoms with Crippen LogP contribution >= 0.6 is 15.9 Å². The Kier molecular flexibility index (Phi) is 3.75. The van der Waals surface area contributed by atoms with E-state index in [9.17, 15) is 0 Å². The van der Waals surface area contributed by atoms with Crippen LogP contribution in [-0.4, -0.2) is 7.11 Å². The lowest BCUT2D eigenvalue weighted by Gasteiger charge is -2.13. The highest BCUT2D eigenvalue weighted by Gasteiger charge is 2.11. The maximum Gasteiger partial charge on any atom is 0.130 e. The summed E-state index contributed by atoms with van der Waals surface area (Å²) in [5, 5.41) is 2.33. The molecule has 3 aromatic carbocycles. The summed E-state index contributed by atoms with van der Waals surface area (Å²) in [5.74, 6) is 0.965. The van der Waals surface area contributed by atoms with Crippen molar-refractivity contribution in [1.82, 2.24) is 0 Å². The Bertz CT molecular complexity index is 735.